The first-order valence-electron chi connectivity index (χ1n) is 7.84. The van der Waals surface area contributed by atoms with Crippen LogP contribution in [0, 0.1) is 0 Å². The number of hydrogen-bond donors (Lipinski definition) is 1. The summed E-state index contributed by atoms with van der Waals surface area (Å²) < 4.78 is 0. The molecule has 1 aromatic carbocycles. The maximum absolute atomic E-state index is 12.5. The van der Waals surface area contributed by atoms with Gasteiger partial charge in [0.1, 0.15) is 0 Å². The van der Waals surface area contributed by atoms with E-state index < -0.39 is 6.04 Å². The minimum atomic E-state index is -0.489. The predicted octanol–water partition coefficient (Wildman–Crippen LogP) is 1.54. The van der Waals surface area contributed by atoms with Crippen molar-refractivity contribution in [1.29, 1.82) is 0 Å². The van der Waals surface area contributed by atoms with E-state index in [2.05, 4.69) is 14.9 Å². The Balaban J connectivity index is 0.00000156. The Morgan fingerprint density at radius 2 is 1.60 bits per heavy atom. The Bertz CT molecular complexity index is 636. The van der Waals surface area contributed by atoms with E-state index in [1.807, 2.05) is 35.2 Å². The molecule has 6 nitrogen and oxygen atoms in total. The van der Waals surface area contributed by atoms with Gasteiger partial charge < -0.3 is 15.5 Å². The number of anilines is 1. The molecule has 8 heteroatoms. The van der Waals surface area contributed by atoms with Crippen molar-refractivity contribution < 1.29 is 4.79 Å². The van der Waals surface area contributed by atoms with Crippen LogP contribution in [0.5, 0.6) is 0 Å². The van der Waals surface area contributed by atoms with E-state index in [0.29, 0.717) is 25.5 Å². The predicted molar refractivity (Wildman–Crippen MR) is 103 cm³/mol. The molecule has 0 bridgehead atoms. The van der Waals surface area contributed by atoms with E-state index in [1.54, 1.807) is 18.5 Å². The van der Waals surface area contributed by atoms with Crippen molar-refractivity contribution >= 4 is 36.7 Å². The summed E-state index contributed by atoms with van der Waals surface area (Å²) in [5.74, 6) is 0.732. The number of hydrogen-bond acceptors (Lipinski definition) is 5. The molecule has 1 saturated heterocycles. The molecule has 0 spiro atoms. The molecule has 1 amide bonds. The number of halogens is 2. The third kappa shape index (κ3) is 5.56. The number of nitrogens with zero attached hydrogens (tertiary/aromatic N) is 4. The molecule has 0 aliphatic carbocycles. The monoisotopic (exact) mass is 383 g/mol. The van der Waals surface area contributed by atoms with Crippen molar-refractivity contribution in [3.8, 4) is 0 Å². The van der Waals surface area contributed by atoms with Gasteiger partial charge in [0.25, 0.3) is 0 Å². The highest BCUT2D eigenvalue weighted by molar-refractivity contribution is 5.85. The fraction of sp³-hybridized carbons (Fsp3) is 0.353. The third-order valence-electron chi connectivity index (χ3n) is 4.04. The zero-order valence-corrected chi connectivity index (χ0v) is 15.5. The second kappa shape index (κ2) is 10.2. The van der Waals surface area contributed by atoms with Gasteiger partial charge in [0.2, 0.25) is 11.9 Å². The second-order valence-electron chi connectivity index (χ2n) is 5.66. The number of amides is 1. The molecule has 3 rings (SSSR count). The van der Waals surface area contributed by atoms with E-state index in [0.717, 1.165) is 18.7 Å². The van der Waals surface area contributed by atoms with Crippen molar-refractivity contribution in [3.05, 3.63) is 54.4 Å². The van der Waals surface area contributed by atoms with Gasteiger partial charge in [-0.1, -0.05) is 30.3 Å². The summed E-state index contributed by atoms with van der Waals surface area (Å²) >= 11 is 0. The molecular weight excluding hydrogens is 361 g/mol. The van der Waals surface area contributed by atoms with Crippen LogP contribution >= 0.6 is 24.8 Å². The topological polar surface area (TPSA) is 75.4 Å². The first kappa shape index (κ1) is 21.2. The Morgan fingerprint density at radius 1 is 1.00 bits per heavy atom. The number of piperazine rings is 1. The standard InChI is InChI=1S/C17H21N5O.2ClH/c18-15(13-14-5-2-1-3-6-14)16(23)21-9-11-22(12-10-21)17-19-7-4-8-20-17;;/h1-8,15H,9-13,18H2;2*1H. The third-order valence-corrected chi connectivity index (χ3v) is 4.04. The minimum absolute atomic E-state index is 0. The summed E-state index contributed by atoms with van der Waals surface area (Å²) in [6, 6.07) is 11.2. The molecule has 25 heavy (non-hydrogen) atoms. The Hall–Kier alpha value is -1.89. The van der Waals surface area contributed by atoms with E-state index in [1.165, 1.54) is 0 Å². The molecule has 1 unspecified atom stereocenters. The Labute approximate surface area is 160 Å². The van der Waals surface area contributed by atoms with Crippen LogP contribution < -0.4 is 10.6 Å². The van der Waals surface area contributed by atoms with Gasteiger partial charge in [0.05, 0.1) is 6.04 Å². The summed E-state index contributed by atoms with van der Waals surface area (Å²) in [7, 11) is 0. The Kier molecular flexibility index (Phi) is 8.61. The number of carbonyl (C=O) groups is 1. The molecule has 1 fully saturated rings. The van der Waals surface area contributed by atoms with Crippen molar-refractivity contribution in [2.24, 2.45) is 5.73 Å². The van der Waals surface area contributed by atoms with Crippen LogP contribution in [0.4, 0.5) is 5.95 Å². The lowest BCUT2D eigenvalue weighted by molar-refractivity contribution is -0.132. The lowest BCUT2D eigenvalue weighted by atomic mass is 10.1. The van der Waals surface area contributed by atoms with Crippen LogP contribution in [0.2, 0.25) is 0 Å². The highest BCUT2D eigenvalue weighted by atomic mass is 35.5. The fourth-order valence-corrected chi connectivity index (χ4v) is 2.77. The Morgan fingerprint density at radius 3 is 2.20 bits per heavy atom. The normalized spacial score (nSPS) is 14.9. The lowest BCUT2D eigenvalue weighted by Crippen LogP contribution is -2.54. The molecule has 1 aliphatic heterocycles. The SMILES string of the molecule is Cl.Cl.NC(Cc1ccccc1)C(=O)N1CCN(c2ncccn2)CC1. The molecule has 2 aromatic rings. The fourth-order valence-electron chi connectivity index (χ4n) is 2.77. The number of benzene rings is 1. The molecule has 2 heterocycles. The summed E-state index contributed by atoms with van der Waals surface area (Å²) in [5.41, 5.74) is 7.18. The van der Waals surface area contributed by atoms with Gasteiger partial charge in [0, 0.05) is 38.6 Å². The van der Waals surface area contributed by atoms with Crippen molar-refractivity contribution in [2.45, 2.75) is 12.5 Å². The molecular formula is C17H23Cl2N5O. The molecule has 2 N–H and O–H groups in total. The van der Waals surface area contributed by atoms with Crippen LogP contribution in [-0.2, 0) is 11.2 Å². The molecule has 1 aliphatic rings. The van der Waals surface area contributed by atoms with E-state index in [4.69, 9.17) is 5.73 Å². The smallest absolute Gasteiger partial charge is 0.239 e. The second-order valence-corrected chi connectivity index (χ2v) is 5.66. The molecule has 1 aromatic heterocycles. The van der Waals surface area contributed by atoms with Crippen LogP contribution in [-0.4, -0.2) is 53.0 Å². The summed E-state index contributed by atoms with van der Waals surface area (Å²) in [6.07, 6.45) is 4.03. The molecule has 1 atom stereocenters. The van der Waals surface area contributed by atoms with Crippen LogP contribution in [0.15, 0.2) is 48.8 Å². The maximum atomic E-state index is 12.5. The zero-order valence-electron chi connectivity index (χ0n) is 13.8. The molecule has 0 saturated carbocycles. The number of aromatic nitrogens is 2. The number of nitrogens with two attached hydrogens (primary N) is 1. The first-order valence-corrected chi connectivity index (χ1v) is 7.84. The average Bonchev–Trinajstić information content (AvgIpc) is 2.63. The summed E-state index contributed by atoms with van der Waals surface area (Å²) in [4.78, 5) is 24.9. The highest BCUT2D eigenvalue weighted by Crippen LogP contribution is 2.11. The van der Waals surface area contributed by atoms with Crippen LogP contribution in [0.3, 0.4) is 0 Å². The van der Waals surface area contributed by atoms with Gasteiger partial charge in [-0.2, -0.15) is 0 Å². The largest absolute Gasteiger partial charge is 0.338 e. The van der Waals surface area contributed by atoms with Gasteiger partial charge in [-0.25, -0.2) is 9.97 Å². The van der Waals surface area contributed by atoms with Crippen molar-refractivity contribution in [2.75, 3.05) is 31.1 Å². The van der Waals surface area contributed by atoms with Gasteiger partial charge in [-0.15, -0.1) is 24.8 Å². The number of rotatable bonds is 4. The van der Waals surface area contributed by atoms with E-state index >= 15 is 0 Å². The van der Waals surface area contributed by atoms with Crippen molar-refractivity contribution in [1.82, 2.24) is 14.9 Å². The quantitative estimate of drug-likeness (QED) is 0.866. The van der Waals surface area contributed by atoms with Crippen LogP contribution in [0.25, 0.3) is 0 Å². The summed E-state index contributed by atoms with van der Waals surface area (Å²) in [6.45, 7) is 2.76. The molecule has 136 valence electrons. The highest BCUT2D eigenvalue weighted by Gasteiger charge is 2.26. The van der Waals surface area contributed by atoms with Crippen molar-refractivity contribution in [3.63, 3.8) is 0 Å². The van der Waals surface area contributed by atoms with Gasteiger partial charge in [-0.3, -0.25) is 4.79 Å². The molecule has 0 radical (unpaired) electrons. The minimum Gasteiger partial charge on any atom is -0.338 e. The first-order chi connectivity index (χ1) is 11.2. The van der Waals surface area contributed by atoms with Gasteiger partial charge >= 0.3 is 0 Å². The van der Waals surface area contributed by atoms with Gasteiger partial charge in [-0.05, 0) is 18.1 Å². The zero-order chi connectivity index (χ0) is 16.1. The van der Waals surface area contributed by atoms with Crippen LogP contribution in [0.1, 0.15) is 5.56 Å². The summed E-state index contributed by atoms with van der Waals surface area (Å²) in [5, 5.41) is 0. The average molecular weight is 384 g/mol. The van der Waals surface area contributed by atoms with Gasteiger partial charge in [0.15, 0.2) is 0 Å². The lowest BCUT2D eigenvalue weighted by Gasteiger charge is -2.35. The number of carbonyl (C=O) groups excluding carboxylic acids is 1. The van der Waals surface area contributed by atoms with E-state index in [-0.39, 0.29) is 30.7 Å². The maximum Gasteiger partial charge on any atom is 0.239 e. The van der Waals surface area contributed by atoms with E-state index in [9.17, 15) is 4.79 Å².